The Morgan fingerprint density at radius 2 is 1.67 bits per heavy atom. The Balaban J connectivity index is 2.06. The summed E-state index contributed by atoms with van der Waals surface area (Å²) in [5, 5.41) is 6.99. The van der Waals surface area contributed by atoms with Crippen molar-refractivity contribution in [2.45, 2.75) is 83.6 Å². The molecule has 1 heterocycles. The van der Waals surface area contributed by atoms with Crippen LogP contribution in [0.4, 0.5) is 18.0 Å². The monoisotopic (exact) mass is 563 g/mol. The van der Waals surface area contributed by atoms with E-state index in [4.69, 9.17) is 10.5 Å². The molecule has 0 bridgehead atoms. The Labute approximate surface area is 223 Å². The number of amides is 5. The number of nitrogens with two attached hydrogens (primary N) is 1. The number of nitrogens with zero attached hydrogens (tertiary/aromatic N) is 1. The lowest BCUT2D eigenvalue weighted by Gasteiger charge is -2.35. The van der Waals surface area contributed by atoms with Gasteiger partial charge in [-0.2, -0.15) is 13.2 Å². The van der Waals surface area contributed by atoms with Crippen LogP contribution < -0.4 is 21.7 Å². The fourth-order valence-corrected chi connectivity index (χ4v) is 4.01. The largest absolute Gasteiger partial charge is 0.464 e. The van der Waals surface area contributed by atoms with Crippen LogP contribution in [0.15, 0.2) is 0 Å². The maximum absolute atomic E-state index is 13.5. The minimum absolute atomic E-state index is 0.108. The van der Waals surface area contributed by atoms with E-state index < -0.39 is 84.6 Å². The van der Waals surface area contributed by atoms with Gasteiger partial charge in [0.15, 0.2) is 0 Å². The van der Waals surface area contributed by atoms with E-state index >= 15 is 0 Å². The molecule has 2 aliphatic rings. The second-order valence-corrected chi connectivity index (χ2v) is 10.9. The van der Waals surface area contributed by atoms with Crippen LogP contribution in [0.25, 0.3) is 0 Å². The summed E-state index contributed by atoms with van der Waals surface area (Å²) in [6.07, 6.45) is -4.49. The van der Waals surface area contributed by atoms with Crippen molar-refractivity contribution in [3.8, 4) is 0 Å². The average molecular weight is 564 g/mol. The first kappa shape index (κ1) is 31.8. The van der Waals surface area contributed by atoms with Crippen molar-refractivity contribution >= 4 is 35.5 Å². The first-order valence-electron chi connectivity index (χ1n) is 12.7. The number of rotatable bonds is 12. The van der Waals surface area contributed by atoms with Gasteiger partial charge in [0.25, 0.3) is 5.91 Å². The van der Waals surface area contributed by atoms with Crippen LogP contribution in [0.2, 0.25) is 0 Å². The topological polar surface area (TPSA) is 177 Å². The van der Waals surface area contributed by atoms with Crippen molar-refractivity contribution in [3.63, 3.8) is 0 Å². The van der Waals surface area contributed by atoms with Gasteiger partial charge in [0, 0.05) is 13.0 Å². The van der Waals surface area contributed by atoms with Crippen molar-refractivity contribution in [1.82, 2.24) is 20.9 Å². The first-order valence-corrected chi connectivity index (χ1v) is 12.7. The molecule has 0 spiro atoms. The number of ether oxygens (including phenoxy) is 1. The van der Waals surface area contributed by atoms with Gasteiger partial charge in [-0.3, -0.25) is 24.0 Å². The summed E-state index contributed by atoms with van der Waals surface area (Å²) in [6, 6.07) is -4.93. The van der Waals surface area contributed by atoms with Gasteiger partial charge in [0.05, 0.1) is 12.6 Å². The molecule has 1 saturated carbocycles. The molecule has 0 radical (unpaired) electrons. The number of carbonyl (C=O) groups excluding carboxylic acids is 6. The summed E-state index contributed by atoms with van der Waals surface area (Å²) >= 11 is 0. The summed E-state index contributed by atoms with van der Waals surface area (Å²) < 4.78 is 43.2. The molecule has 220 valence electrons. The van der Waals surface area contributed by atoms with E-state index in [-0.39, 0.29) is 19.6 Å². The number of Topliss-reactive ketones (excluding diaryl/α,β-unsaturated/α-hetero) is 1. The van der Waals surface area contributed by atoms with E-state index in [1.807, 2.05) is 0 Å². The van der Waals surface area contributed by atoms with Crippen LogP contribution in [0, 0.1) is 11.3 Å². The maximum Gasteiger partial charge on any atom is 0.389 e. The number of nitrogens with one attached hydrogen (secondary N) is 3. The fraction of sp³-hybridized carbons (Fsp3) is 0.750. The van der Waals surface area contributed by atoms with Gasteiger partial charge in [-0.05, 0) is 43.4 Å². The molecule has 5 amide bonds. The Bertz CT molecular complexity index is 963. The fourth-order valence-electron chi connectivity index (χ4n) is 4.01. The van der Waals surface area contributed by atoms with Gasteiger partial charge < -0.3 is 31.3 Å². The molecule has 39 heavy (non-hydrogen) atoms. The molecule has 0 aromatic rings. The smallest absolute Gasteiger partial charge is 0.389 e. The van der Waals surface area contributed by atoms with Gasteiger partial charge in [0.2, 0.25) is 17.6 Å². The van der Waals surface area contributed by atoms with Crippen LogP contribution in [-0.4, -0.2) is 84.4 Å². The zero-order valence-corrected chi connectivity index (χ0v) is 22.2. The third-order valence-electron chi connectivity index (χ3n) is 6.39. The summed E-state index contributed by atoms with van der Waals surface area (Å²) in [6.45, 7) is 4.99. The Morgan fingerprint density at radius 3 is 2.21 bits per heavy atom. The van der Waals surface area contributed by atoms with Gasteiger partial charge in [-0.25, -0.2) is 4.79 Å². The van der Waals surface area contributed by atoms with E-state index in [9.17, 15) is 41.9 Å². The highest BCUT2D eigenvalue weighted by molar-refractivity contribution is 6.37. The quantitative estimate of drug-likeness (QED) is 0.198. The molecule has 15 heteroatoms. The number of ketones is 1. The number of carbonyl (C=O) groups is 6. The van der Waals surface area contributed by atoms with Gasteiger partial charge in [0.1, 0.15) is 18.6 Å². The Morgan fingerprint density at radius 1 is 1.03 bits per heavy atom. The van der Waals surface area contributed by atoms with Crippen molar-refractivity contribution < 1.29 is 46.7 Å². The zero-order valence-electron chi connectivity index (χ0n) is 22.2. The number of likely N-dealkylation sites (tertiary alicyclic amines) is 1. The number of primary amides is 1. The molecule has 3 unspecified atom stereocenters. The van der Waals surface area contributed by atoms with Crippen molar-refractivity contribution in [2.75, 3.05) is 19.7 Å². The summed E-state index contributed by atoms with van der Waals surface area (Å²) in [5.74, 6) is -4.72. The van der Waals surface area contributed by atoms with E-state index in [2.05, 4.69) is 16.0 Å². The second kappa shape index (κ2) is 13.1. The van der Waals surface area contributed by atoms with Crippen molar-refractivity contribution in [1.29, 1.82) is 0 Å². The summed E-state index contributed by atoms with van der Waals surface area (Å²) in [4.78, 5) is 75.2. The van der Waals surface area contributed by atoms with Gasteiger partial charge in [-0.1, -0.05) is 20.8 Å². The van der Waals surface area contributed by atoms with Crippen LogP contribution in [0.3, 0.4) is 0 Å². The van der Waals surface area contributed by atoms with E-state index in [0.29, 0.717) is 12.3 Å². The normalized spacial score (nSPS) is 19.0. The molecule has 2 rings (SSSR count). The second-order valence-electron chi connectivity index (χ2n) is 10.9. The molecule has 0 aromatic heterocycles. The van der Waals surface area contributed by atoms with Crippen molar-refractivity contribution in [2.24, 2.45) is 17.1 Å². The van der Waals surface area contributed by atoms with Gasteiger partial charge in [-0.15, -0.1) is 0 Å². The van der Waals surface area contributed by atoms with E-state index in [1.165, 1.54) is 4.90 Å². The molecule has 1 aliphatic heterocycles. The molecule has 12 nitrogen and oxygen atoms in total. The number of esters is 1. The summed E-state index contributed by atoms with van der Waals surface area (Å²) in [5.41, 5.74) is 4.08. The average Bonchev–Trinajstić information content (AvgIpc) is 3.53. The lowest BCUT2D eigenvalue weighted by atomic mass is 9.85. The highest BCUT2D eigenvalue weighted by Gasteiger charge is 2.43. The number of urea groups is 1. The minimum Gasteiger partial charge on any atom is -0.464 e. The molecule has 0 aromatic carbocycles. The van der Waals surface area contributed by atoms with E-state index in [0.717, 1.165) is 12.8 Å². The van der Waals surface area contributed by atoms with Crippen LogP contribution in [0.1, 0.15) is 59.3 Å². The molecule has 3 atom stereocenters. The number of halogens is 3. The highest BCUT2D eigenvalue weighted by atomic mass is 19.4. The summed E-state index contributed by atoms with van der Waals surface area (Å²) in [7, 11) is 0. The standard InChI is InChI=1S/C24H36F3N5O7/c1-23(2,3)18(31-22(38)29-11-16(33)39-12-13-6-7-13)21(37)32-10-4-5-15(32)20(36)30-14(17(34)19(28)35)8-9-24(25,26)27/h13-15,18H,4-12H2,1-3H3,(H2,28,35)(H,30,36)(H2,29,31,38). The molecule has 5 N–H and O–H groups in total. The zero-order chi connectivity index (χ0) is 29.5. The van der Waals surface area contributed by atoms with E-state index in [1.54, 1.807) is 20.8 Å². The minimum atomic E-state index is -4.64. The maximum atomic E-state index is 13.5. The SMILES string of the molecule is CC(C)(C)C(NC(=O)NCC(=O)OCC1CC1)C(=O)N1CCCC1C(=O)NC(CCC(F)(F)F)C(=O)C(N)=O. The number of hydrogen-bond donors (Lipinski definition) is 4. The highest BCUT2D eigenvalue weighted by Crippen LogP contribution is 2.29. The predicted molar refractivity (Wildman–Crippen MR) is 130 cm³/mol. The lowest BCUT2D eigenvalue weighted by Crippen LogP contribution is -2.60. The lowest BCUT2D eigenvalue weighted by molar-refractivity contribution is -0.146. The number of alkyl halides is 3. The van der Waals surface area contributed by atoms with Crippen LogP contribution >= 0.6 is 0 Å². The number of hydrogen-bond acceptors (Lipinski definition) is 7. The van der Waals surface area contributed by atoms with Gasteiger partial charge >= 0.3 is 18.2 Å². The van der Waals surface area contributed by atoms with Crippen LogP contribution in [-0.2, 0) is 28.7 Å². The molecule has 1 saturated heterocycles. The Kier molecular flexibility index (Phi) is 10.7. The molecular formula is C24H36F3N5O7. The van der Waals surface area contributed by atoms with Crippen molar-refractivity contribution in [3.05, 3.63) is 0 Å². The molecule has 1 aliphatic carbocycles. The first-order chi connectivity index (χ1) is 18.0. The third kappa shape index (κ3) is 10.4. The van der Waals surface area contributed by atoms with Crippen LogP contribution in [0.5, 0.6) is 0 Å². The predicted octanol–water partition coefficient (Wildman–Crippen LogP) is 0.526. The Hall–Kier alpha value is -3.39. The third-order valence-corrected chi connectivity index (χ3v) is 6.39. The molecule has 2 fully saturated rings. The molecular weight excluding hydrogens is 527 g/mol.